The van der Waals surface area contributed by atoms with Crippen LogP contribution in [0.1, 0.15) is 52.0 Å². The Kier molecular flexibility index (Phi) is 5.78. The molecule has 7 nitrogen and oxygen atoms in total. The van der Waals surface area contributed by atoms with Gasteiger partial charge < -0.3 is 10.0 Å². The Labute approximate surface area is 196 Å². The fourth-order valence-electron chi connectivity index (χ4n) is 3.96. The highest BCUT2D eigenvalue weighted by atomic mass is 32.1. The topological polar surface area (TPSA) is 84.1 Å². The molecule has 1 fully saturated rings. The Morgan fingerprint density at radius 2 is 2.00 bits per heavy atom. The molecule has 1 atom stereocenters. The van der Waals surface area contributed by atoms with E-state index in [2.05, 4.69) is 10.1 Å². The third kappa shape index (κ3) is 4.31. The molecule has 33 heavy (non-hydrogen) atoms. The van der Waals surface area contributed by atoms with Crippen molar-refractivity contribution < 1.29 is 9.90 Å². The molecule has 5 rings (SSSR count). The minimum atomic E-state index is -0.756. The first-order valence-electron chi connectivity index (χ1n) is 11.0. The van der Waals surface area contributed by atoms with Gasteiger partial charge in [-0.2, -0.15) is 5.10 Å². The molecule has 1 unspecified atom stereocenters. The molecule has 1 aromatic carbocycles. The number of amides is 1. The van der Waals surface area contributed by atoms with Crippen LogP contribution in [0.4, 0.5) is 0 Å². The maximum Gasteiger partial charge on any atom is 0.257 e. The van der Waals surface area contributed by atoms with Gasteiger partial charge in [0, 0.05) is 19.2 Å². The lowest BCUT2D eigenvalue weighted by Crippen LogP contribution is -2.31. The van der Waals surface area contributed by atoms with Crippen LogP contribution < -0.4 is 0 Å². The number of aliphatic hydroxyl groups is 1. The smallest absolute Gasteiger partial charge is 0.257 e. The van der Waals surface area contributed by atoms with Crippen molar-refractivity contribution in [2.75, 3.05) is 13.6 Å². The normalized spacial score (nSPS) is 14.3. The van der Waals surface area contributed by atoms with Crippen LogP contribution in [0.3, 0.4) is 0 Å². The van der Waals surface area contributed by atoms with Crippen LogP contribution in [0, 0.1) is 6.92 Å². The minimum Gasteiger partial charge on any atom is -0.387 e. The van der Waals surface area contributed by atoms with Crippen LogP contribution in [0.25, 0.3) is 16.5 Å². The number of aromatic nitrogens is 4. The van der Waals surface area contributed by atoms with Crippen LogP contribution >= 0.6 is 11.3 Å². The summed E-state index contributed by atoms with van der Waals surface area (Å²) in [6, 6.07) is 13.4. The van der Waals surface area contributed by atoms with Gasteiger partial charge in [-0.1, -0.05) is 36.4 Å². The van der Waals surface area contributed by atoms with Crippen LogP contribution in [0.5, 0.6) is 0 Å². The van der Waals surface area contributed by atoms with Gasteiger partial charge in [-0.15, -0.1) is 11.3 Å². The zero-order chi connectivity index (χ0) is 22.9. The van der Waals surface area contributed by atoms with E-state index in [-0.39, 0.29) is 18.4 Å². The Balaban J connectivity index is 1.45. The molecule has 0 bridgehead atoms. The van der Waals surface area contributed by atoms with Crippen molar-refractivity contribution >= 4 is 17.2 Å². The number of benzene rings is 1. The SMILES string of the molecule is Cc1cnc(-n2ncc(C(=O)N(C)CC(O)c3ccccc3)c2C2CC2)nc1-c1cccs1. The zero-order valence-electron chi connectivity index (χ0n) is 18.5. The maximum absolute atomic E-state index is 13.3. The summed E-state index contributed by atoms with van der Waals surface area (Å²) >= 11 is 1.63. The first-order chi connectivity index (χ1) is 16.0. The zero-order valence-corrected chi connectivity index (χ0v) is 19.4. The molecular formula is C25H25N5O2S. The number of rotatable bonds is 7. The lowest BCUT2D eigenvalue weighted by atomic mass is 10.1. The number of carbonyl (C=O) groups is 1. The molecule has 1 aliphatic carbocycles. The van der Waals surface area contributed by atoms with E-state index in [0.29, 0.717) is 11.5 Å². The van der Waals surface area contributed by atoms with Crippen molar-refractivity contribution in [3.05, 3.63) is 82.6 Å². The summed E-state index contributed by atoms with van der Waals surface area (Å²) in [4.78, 5) is 25.3. The number of thiophene rings is 1. The molecule has 0 aliphatic heterocycles. The average molecular weight is 460 g/mol. The lowest BCUT2D eigenvalue weighted by molar-refractivity contribution is 0.0680. The number of hydrogen-bond acceptors (Lipinski definition) is 6. The summed E-state index contributed by atoms with van der Waals surface area (Å²) in [5.74, 6) is 0.564. The van der Waals surface area contributed by atoms with E-state index >= 15 is 0 Å². The minimum absolute atomic E-state index is 0.163. The number of aliphatic hydroxyl groups excluding tert-OH is 1. The molecule has 3 heterocycles. The summed E-state index contributed by atoms with van der Waals surface area (Å²) in [6.07, 6.45) is 4.67. The first kappa shape index (κ1) is 21.5. The molecule has 1 saturated carbocycles. The summed E-state index contributed by atoms with van der Waals surface area (Å²) < 4.78 is 1.71. The van der Waals surface area contributed by atoms with E-state index in [1.807, 2.05) is 54.8 Å². The summed E-state index contributed by atoms with van der Waals surface area (Å²) in [5.41, 5.74) is 4.05. The average Bonchev–Trinajstić information content (AvgIpc) is 3.33. The molecule has 4 aromatic rings. The van der Waals surface area contributed by atoms with Crippen molar-refractivity contribution in [1.29, 1.82) is 0 Å². The second-order valence-corrected chi connectivity index (χ2v) is 9.37. The van der Waals surface area contributed by atoms with Crippen LogP contribution in [0.15, 0.2) is 60.2 Å². The molecule has 168 valence electrons. The highest BCUT2D eigenvalue weighted by molar-refractivity contribution is 7.13. The van der Waals surface area contributed by atoms with Crippen molar-refractivity contribution in [3.63, 3.8) is 0 Å². The molecular weight excluding hydrogens is 434 g/mol. The van der Waals surface area contributed by atoms with Crippen molar-refractivity contribution in [1.82, 2.24) is 24.6 Å². The number of likely N-dealkylation sites (N-methyl/N-ethyl adjacent to an activating group) is 1. The molecule has 0 radical (unpaired) electrons. The number of hydrogen-bond donors (Lipinski definition) is 1. The Morgan fingerprint density at radius 1 is 1.21 bits per heavy atom. The van der Waals surface area contributed by atoms with Crippen molar-refractivity contribution in [3.8, 4) is 16.5 Å². The predicted octanol–water partition coefficient (Wildman–Crippen LogP) is 4.38. The fraction of sp³-hybridized carbons (Fsp3) is 0.280. The predicted molar refractivity (Wildman–Crippen MR) is 128 cm³/mol. The second kappa shape index (κ2) is 8.88. The first-order valence-corrected chi connectivity index (χ1v) is 11.8. The second-order valence-electron chi connectivity index (χ2n) is 8.42. The third-order valence-corrected chi connectivity index (χ3v) is 6.76. The van der Waals surface area contributed by atoms with Gasteiger partial charge in [-0.05, 0) is 42.3 Å². The highest BCUT2D eigenvalue weighted by Crippen LogP contribution is 2.42. The lowest BCUT2D eigenvalue weighted by Gasteiger charge is -2.21. The molecule has 1 aliphatic rings. The molecule has 1 N–H and O–H groups in total. The van der Waals surface area contributed by atoms with Gasteiger partial charge in [0.05, 0.1) is 40.7 Å². The Hall–Kier alpha value is -3.36. The fourth-order valence-corrected chi connectivity index (χ4v) is 4.74. The van der Waals surface area contributed by atoms with E-state index in [1.54, 1.807) is 40.4 Å². The largest absolute Gasteiger partial charge is 0.387 e. The van der Waals surface area contributed by atoms with Gasteiger partial charge in [-0.25, -0.2) is 14.6 Å². The monoisotopic (exact) mass is 459 g/mol. The van der Waals surface area contributed by atoms with Gasteiger partial charge in [0.25, 0.3) is 11.9 Å². The van der Waals surface area contributed by atoms with Gasteiger partial charge in [0.15, 0.2) is 0 Å². The van der Waals surface area contributed by atoms with E-state index in [9.17, 15) is 9.90 Å². The van der Waals surface area contributed by atoms with E-state index in [1.165, 1.54) is 0 Å². The highest BCUT2D eigenvalue weighted by Gasteiger charge is 2.34. The molecule has 3 aromatic heterocycles. The Bertz CT molecular complexity index is 1270. The van der Waals surface area contributed by atoms with Gasteiger partial charge in [0.1, 0.15) is 0 Å². The van der Waals surface area contributed by atoms with Crippen molar-refractivity contribution in [2.24, 2.45) is 0 Å². The molecule has 8 heteroatoms. The van der Waals surface area contributed by atoms with Crippen molar-refractivity contribution in [2.45, 2.75) is 31.8 Å². The standard InChI is InChI=1S/C25H25N5O2S/c1-16-13-26-25(28-22(16)21-9-6-12-33-21)30-23(18-10-11-18)19(14-27-30)24(32)29(2)15-20(31)17-7-4-3-5-8-17/h3-9,12-14,18,20,31H,10-11,15H2,1-2H3. The van der Waals surface area contributed by atoms with E-state index in [4.69, 9.17) is 4.98 Å². The Morgan fingerprint density at radius 3 is 2.70 bits per heavy atom. The van der Waals surface area contributed by atoms with Gasteiger partial charge >= 0.3 is 0 Å². The molecule has 1 amide bonds. The number of aryl methyl sites for hydroxylation is 1. The van der Waals surface area contributed by atoms with Crippen LogP contribution in [-0.4, -0.2) is 49.3 Å². The van der Waals surface area contributed by atoms with Crippen LogP contribution in [-0.2, 0) is 0 Å². The maximum atomic E-state index is 13.3. The third-order valence-electron chi connectivity index (χ3n) is 5.88. The van der Waals surface area contributed by atoms with Gasteiger partial charge in [-0.3, -0.25) is 4.79 Å². The number of carbonyl (C=O) groups excluding carboxylic acids is 1. The number of nitrogens with zero attached hydrogens (tertiary/aromatic N) is 5. The van der Waals surface area contributed by atoms with E-state index in [0.717, 1.165) is 40.2 Å². The quantitative estimate of drug-likeness (QED) is 0.443. The summed E-state index contributed by atoms with van der Waals surface area (Å²) in [5, 5.41) is 17.1. The van der Waals surface area contributed by atoms with Gasteiger partial charge in [0.2, 0.25) is 0 Å². The summed E-state index contributed by atoms with van der Waals surface area (Å²) in [7, 11) is 1.71. The summed E-state index contributed by atoms with van der Waals surface area (Å²) in [6.45, 7) is 2.19. The molecule has 0 spiro atoms. The van der Waals surface area contributed by atoms with Crippen LogP contribution in [0.2, 0.25) is 0 Å². The molecule has 0 saturated heterocycles. The van der Waals surface area contributed by atoms with E-state index < -0.39 is 6.10 Å².